The fourth-order valence-corrected chi connectivity index (χ4v) is 3.24. The molecule has 3 rings (SSSR count). The lowest BCUT2D eigenvalue weighted by Crippen LogP contribution is -2.34. The molecule has 1 heterocycles. The summed E-state index contributed by atoms with van der Waals surface area (Å²) >= 11 is 5.90. The van der Waals surface area contributed by atoms with Crippen molar-refractivity contribution in [1.29, 1.82) is 0 Å². The zero-order valence-corrected chi connectivity index (χ0v) is 15.6. The monoisotopic (exact) mass is 395 g/mol. The molecule has 1 aliphatic heterocycles. The SMILES string of the molecule is FC(F)(F)c1ccccc1OCCN1CCC(=Cc2ccc(Cl)cc2)CC1. The average molecular weight is 396 g/mol. The molecule has 1 saturated heterocycles. The fourth-order valence-electron chi connectivity index (χ4n) is 3.11. The van der Waals surface area contributed by atoms with Crippen LogP contribution in [0.25, 0.3) is 6.08 Å². The van der Waals surface area contributed by atoms with Crippen molar-refractivity contribution in [1.82, 2.24) is 4.90 Å². The summed E-state index contributed by atoms with van der Waals surface area (Å²) in [6, 6.07) is 13.1. The number of rotatable bonds is 5. The number of nitrogens with zero attached hydrogens (tertiary/aromatic N) is 1. The summed E-state index contributed by atoms with van der Waals surface area (Å²) in [5.41, 5.74) is 1.78. The van der Waals surface area contributed by atoms with Crippen LogP contribution in [0.2, 0.25) is 5.02 Å². The van der Waals surface area contributed by atoms with Gasteiger partial charge < -0.3 is 4.74 Å². The molecule has 0 atom stereocenters. The van der Waals surface area contributed by atoms with E-state index in [0.717, 1.165) is 42.6 Å². The van der Waals surface area contributed by atoms with Crippen molar-refractivity contribution in [2.45, 2.75) is 19.0 Å². The van der Waals surface area contributed by atoms with E-state index < -0.39 is 11.7 Å². The third-order valence-corrected chi connectivity index (χ3v) is 4.85. The number of halogens is 4. The van der Waals surface area contributed by atoms with Crippen molar-refractivity contribution in [2.24, 2.45) is 0 Å². The maximum atomic E-state index is 13.0. The van der Waals surface area contributed by atoms with Gasteiger partial charge in [0, 0.05) is 24.7 Å². The van der Waals surface area contributed by atoms with E-state index in [2.05, 4.69) is 11.0 Å². The minimum atomic E-state index is -4.40. The molecule has 6 heteroatoms. The average Bonchev–Trinajstić information content (AvgIpc) is 2.65. The molecule has 0 amide bonds. The van der Waals surface area contributed by atoms with Crippen LogP contribution in [0, 0.1) is 0 Å². The van der Waals surface area contributed by atoms with E-state index in [-0.39, 0.29) is 12.4 Å². The number of likely N-dealkylation sites (tertiary alicyclic amines) is 1. The maximum absolute atomic E-state index is 13.0. The van der Waals surface area contributed by atoms with Crippen LogP contribution in [0.5, 0.6) is 5.75 Å². The molecule has 2 aromatic carbocycles. The zero-order valence-electron chi connectivity index (χ0n) is 14.8. The molecule has 0 unspecified atom stereocenters. The fraction of sp³-hybridized carbons (Fsp3) is 0.333. The lowest BCUT2D eigenvalue weighted by Gasteiger charge is -2.28. The lowest BCUT2D eigenvalue weighted by molar-refractivity contribution is -0.139. The second-order valence-electron chi connectivity index (χ2n) is 6.54. The summed E-state index contributed by atoms with van der Waals surface area (Å²) in [5.74, 6) is -0.106. The topological polar surface area (TPSA) is 12.5 Å². The second-order valence-corrected chi connectivity index (χ2v) is 6.97. The molecule has 0 aromatic heterocycles. The van der Waals surface area contributed by atoms with Crippen LogP contribution in [0.1, 0.15) is 24.0 Å². The van der Waals surface area contributed by atoms with Crippen molar-refractivity contribution < 1.29 is 17.9 Å². The van der Waals surface area contributed by atoms with E-state index in [1.54, 1.807) is 6.07 Å². The number of ether oxygens (including phenoxy) is 1. The summed E-state index contributed by atoms with van der Waals surface area (Å²) < 4.78 is 44.3. The molecule has 0 N–H and O–H groups in total. The molecule has 0 aliphatic carbocycles. The van der Waals surface area contributed by atoms with Gasteiger partial charge in [0.1, 0.15) is 12.4 Å². The van der Waals surface area contributed by atoms with Crippen LogP contribution in [0.4, 0.5) is 13.2 Å². The van der Waals surface area contributed by atoms with Gasteiger partial charge in [-0.3, -0.25) is 4.90 Å². The van der Waals surface area contributed by atoms with Gasteiger partial charge in [-0.2, -0.15) is 13.2 Å². The Kier molecular flexibility index (Phi) is 6.45. The van der Waals surface area contributed by atoms with Crippen LogP contribution in [0.3, 0.4) is 0 Å². The minimum absolute atomic E-state index is 0.106. The Labute approximate surface area is 162 Å². The quantitative estimate of drug-likeness (QED) is 0.623. The first kappa shape index (κ1) is 19.8. The minimum Gasteiger partial charge on any atom is -0.492 e. The first-order chi connectivity index (χ1) is 12.9. The molecule has 0 bridgehead atoms. The Morgan fingerprint density at radius 2 is 1.67 bits per heavy atom. The van der Waals surface area contributed by atoms with Crippen molar-refractivity contribution in [3.05, 3.63) is 70.3 Å². The van der Waals surface area contributed by atoms with Gasteiger partial charge in [-0.1, -0.05) is 47.5 Å². The predicted octanol–water partition coefficient (Wildman–Crippen LogP) is 5.92. The summed E-state index contributed by atoms with van der Waals surface area (Å²) in [4.78, 5) is 2.22. The van der Waals surface area contributed by atoms with Gasteiger partial charge in [-0.25, -0.2) is 0 Å². The Bertz CT molecular complexity index is 777. The van der Waals surface area contributed by atoms with Gasteiger partial charge in [-0.15, -0.1) is 0 Å². The molecule has 0 radical (unpaired) electrons. The Balaban J connectivity index is 1.47. The van der Waals surface area contributed by atoms with Gasteiger partial charge in [-0.05, 0) is 42.7 Å². The van der Waals surface area contributed by atoms with E-state index in [0.29, 0.717) is 6.54 Å². The van der Waals surface area contributed by atoms with Gasteiger partial charge in [0.05, 0.1) is 5.56 Å². The van der Waals surface area contributed by atoms with Gasteiger partial charge in [0.25, 0.3) is 0 Å². The largest absolute Gasteiger partial charge is 0.492 e. The molecule has 144 valence electrons. The summed E-state index contributed by atoms with van der Waals surface area (Å²) in [7, 11) is 0. The molecule has 0 spiro atoms. The molecule has 0 saturated carbocycles. The molecule has 2 aromatic rings. The Hall–Kier alpha value is -1.98. The molecule has 2 nitrogen and oxygen atoms in total. The van der Waals surface area contributed by atoms with E-state index in [1.807, 2.05) is 24.3 Å². The number of piperidine rings is 1. The Morgan fingerprint density at radius 1 is 1.00 bits per heavy atom. The molecule has 1 aliphatic rings. The van der Waals surface area contributed by atoms with Gasteiger partial charge in [0.2, 0.25) is 0 Å². The second kappa shape index (κ2) is 8.81. The normalized spacial score (nSPS) is 15.6. The van der Waals surface area contributed by atoms with Crippen LogP contribution < -0.4 is 4.74 Å². The van der Waals surface area contributed by atoms with Crippen molar-refractivity contribution in [3.8, 4) is 5.75 Å². The van der Waals surface area contributed by atoms with Crippen molar-refractivity contribution in [2.75, 3.05) is 26.2 Å². The first-order valence-electron chi connectivity index (χ1n) is 8.88. The van der Waals surface area contributed by atoms with E-state index in [1.165, 1.54) is 17.7 Å². The third-order valence-electron chi connectivity index (χ3n) is 4.60. The summed E-state index contributed by atoms with van der Waals surface area (Å²) in [6.07, 6.45) is -0.323. The van der Waals surface area contributed by atoms with Crippen LogP contribution in [0.15, 0.2) is 54.1 Å². The highest BCUT2D eigenvalue weighted by Crippen LogP contribution is 2.35. The number of hydrogen-bond acceptors (Lipinski definition) is 2. The number of hydrogen-bond donors (Lipinski definition) is 0. The molecule has 1 fully saturated rings. The van der Waals surface area contributed by atoms with Crippen molar-refractivity contribution >= 4 is 17.7 Å². The van der Waals surface area contributed by atoms with Gasteiger partial charge in [0.15, 0.2) is 0 Å². The summed E-state index contributed by atoms with van der Waals surface area (Å²) in [5, 5.41) is 0.721. The standard InChI is InChI=1S/C21H21ClF3NO/c22-18-7-5-16(6-8-18)15-17-9-11-26(12-10-17)13-14-27-20-4-2-1-3-19(20)21(23,24)25/h1-8,15H,9-14H2. The molecule has 27 heavy (non-hydrogen) atoms. The molecular formula is C21H21ClF3NO. The summed E-state index contributed by atoms with van der Waals surface area (Å²) in [6.45, 7) is 2.61. The highest BCUT2D eigenvalue weighted by atomic mass is 35.5. The highest BCUT2D eigenvalue weighted by molar-refractivity contribution is 6.30. The first-order valence-corrected chi connectivity index (χ1v) is 9.26. The van der Waals surface area contributed by atoms with Crippen LogP contribution >= 0.6 is 11.6 Å². The number of benzene rings is 2. The maximum Gasteiger partial charge on any atom is 0.419 e. The zero-order chi connectivity index (χ0) is 19.3. The molecular weight excluding hydrogens is 375 g/mol. The van der Waals surface area contributed by atoms with E-state index in [4.69, 9.17) is 16.3 Å². The van der Waals surface area contributed by atoms with E-state index in [9.17, 15) is 13.2 Å². The number of para-hydroxylation sites is 1. The van der Waals surface area contributed by atoms with Gasteiger partial charge >= 0.3 is 6.18 Å². The predicted molar refractivity (Wildman–Crippen MR) is 102 cm³/mol. The smallest absolute Gasteiger partial charge is 0.419 e. The highest BCUT2D eigenvalue weighted by Gasteiger charge is 2.34. The Morgan fingerprint density at radius 3 is 2.33 bits per heavy atom. The van der Waals surface area contributed by atoms with E-state index >= 15 is 0 Å². The third kappa shape index (κ3) is 5.75. The van der Waals surface area contributed by atoms with Crippen LogP contribution in [-0.4, -0.2) is 31.1 Å². The van der Waals surface area contributed by atoms with Crippen molar-refractivity contribution in [3.63, 3.8) is 0 Å². The number of alkyl halides is 3. The lowest BCUT2D eigenvalue weighted by atomic mass is 10.0. The van der Waals surface area contributed by atoms with Crippen LogP contribution in [-0.2, 0) is 6.18 Å².